The Kier molecular flexibility index (Phi) is 6.65. The number of halogens is 4. The van der Waals surface area contributed by atoms with E-state index in [9.17, 15) is 26.6 Å². The van der Waals surface area contributed by atoms with Gasteiger partial charge < -0.3 is 10.1 Å². The normalized spacial score (nSPS) is 13.3. The zero-order chi connectivity index (χ0) is 25.4. The molecule has 2 N–H and O–H groups in total. The van der Waals surface area contributed by atoms with Crippen LogP contribution in [0, 0.1) is 31.4 Å². The minimum atomic E-state index is -4.88. The van der Waals surface area contributed by atoms with Crippen LogP contribution >= 0.6 is 0 Å². The Hall–Kier alpha value is -3.54. The zero-order valence-electron chi connectivity index (χ0n) is 18.5. The van der Waals surface area contributed by atoms with Crippen molar-refractivity contribution in [3.63, 3.8) is 0 Å². The first-order valence-corrected chi connectivity index (χ1v) is 11.7. The highest BCUT2D eigenvalue weighted by Crippen LogP contribution is 2.35. The predicted molar refractivity (Wildman–Crippen MR) is 117 cm³/mol. The molecule has 0 bridgehead atoms. The molecule has 0 saturated heterocycles. The Morgan fingerprint density at radius 2 is 1.71 bits per heavy atom. The van der Waals surface area contributed by atoms with Crippen LogP contribution in [-0.4, -0.2) is 26.6 Å². The molecule has 1 unspecified atom stereocenters. The fraction of sp³-hybridized carbons (Fsp3) is 0.227. The predicted octanol–water partition coefficient (Wildman–Crippen LogP) is 5.64. The molecular formula is C22H20F4N4O3S. The highest BCUT2D eigenvalue weighted by molar-refractivity contribution is 7.91. The fourth-order valence-corrected chi connectivity index (χ4v) is 3.88. The minimum Gasteiger partial charge on any atom is -0.437 e. The van der Waals surface area contributed by atoms with Gasteiger partial charge in [-0.15, -0.1) is 10.2 Å². The van der Waals surface area contributed by atoms with Crippen molar-refractivity contribution in [2.45, 2.75) is 31.8 Å². The van der Waals surface area contributed by atoms with Gasteiger partial charge in [-0.1, -0.05) is 6.07 Å². The summed E-state index contributed by atoms with van der Waals surface area (Å²) in [6, 6.07) is 8.22. The van der Waals surface area contributed by atoms with E-state index in [0.29, 0.717) is 0 Å². The van der Waals surface area contributed by atoms with E-state index < -0.39 is 50.3 Å². The number of benzene rings is 2. The average Bonchev–Trinajstić information content (AvgIpc) is 2.70. The molecule has 3 aromatic rings. The van der Waals surface area contributed by atoms with E-state index in [2.05, 4.69) is 15.5 Å². The summed E-state index contributed by atoms with van der Waals surface area (Å²) < 4.78 is 79.5. The summed E-state index contributed by atoms with van der Waals surface area (Å²) in [6.07, 6.45) is -3.69. The number of nitrogens with one attached hydrogen (secondary N) is 2. The Labute approximate surface area is 193 Å². The number of aryl methyl sites for hydroxylation is 2. The molecular weight excluding hydrogens is 476 g/mol. The first-order valence-electron chi connectivity index (χ1n) is 9.72. The van der Waals surface area contributed by atoms with Crippen LogP contribution in [0.3, 0.4) is 0 Å². The van der Waals surface area contributed by atoms with Crippen molar-refractivity contribution in [2.24, 2.45) is 0 Å². The number of amides is 1. The number of ether oxygens (including phenoxy) is 1. The number of hydrogen-bond donors (Lipinski definition) is 2. The lowest BCUT2D eigenvalue weighted by atomic mass is 10.1. The van der Waals surface area contributed by atoms with Crippen molar-refractivity contribution in [3.05, 3.63) is 70.2 Å². The Morgan fingerprint density at radius 1 is 1.09 bits per heavy atom. The summed E-state index contributed by atoms with van der Waals surface area (Å²) in [5.41, 5.74) is -1.86. The van der Waals surface area contributed by atoms with E-state index in [1.165, 1.54) is 56.5 Å². The number of carbonyl (C=O) groups excluding carboxylic acids is 1. The second-order valence-electron chi connectivity index (χ2n) is 7.65. The van der Waals surface area contributed by atoms with Crippen LogP contribution in [0.4, 0.5) is 23.2 Å². The second-order valence-corrected chi connectivity index (χ2v) is 9.81. The maximum Gasteiger partial charge on any atom is 0.435 e. The van der Waals surface area contributed by atoms with Crippen molar-refractivity contribution in [1.29, 1.82) is 4.78 Å². The van der Waals surface area contributed by atoms with Gasteiger partial charge in [-0.2, -0.15) is 13.2 Å². The van der Waals surface area contributed by atoms with Crippen molar-refractivity contribution < 1.29 is 31.3 Å². The SMILES string of the molecule is Cc1cc(Oc2nnc(C(F)(F)F)c(C)c2C(=O)Nc2cccc(S(C)(=N)=O)c2)cc(C)c1F. The standard InChI is InChI=1S/C22H20F4N4O3S/c1-11-8-15(9-12(2)18(11)23)33-21-17(13(3)19(29-30-21)22(24,25)26)20(31)28-14-6-5-7-16(10-14)34(4,27)32/h5-10,27H,1-4H3,(H,28,31). The topological polar surface area (TPSA) is 105 Å². The number of carbonyl (C=O) groups is 1. The molecule has 1 aromatic heterocycles. The lowest BCUT2D eigenvalue weighted by Gasteiger charge is -2.16. The zero-order valence-corrected chi connectivity index (χ0v) is 19.3. The van der Waals surface area contributed by atoms with Crippen molar-refractivity contribution >= 4 is 21.3 Å². The molecule has 0 aliphatic heterocycles. The smallest absolute Gasteiger partial charge is 0.435 e. The largest absolute Gasteiger partial charge is 0.437 e. The maximum atomic E-state index is 14.0. The van der Waals surface area contributed by atoms with Gasteiger partial charge in [0.15, 0.2) is 5.69 Å². The molecule has 12 heteroatoms. The molecule has 2 aromatic carbocycles. The van der Waals surface area contributed by atoms with Gasteiger partial charge in [-0.25, -0.2) is 13.4 Å². The molecule has 0 fully saturated rings. The van der Waals surface area contributed by atoms with E-state index >= 15 is 0 Å². The number of hydrogen-bond acceptors (Lipinski definition) is 6. The molecule has 0 aliphatic rings. The third-order valence-electron chi connectivity index (χ3n) is 4.85. The van der Waals surface area contributed by atoms with Gasteiger partial charge in [0.2, 0.25) is 0 Å². The number of aromatic nitrogens is 2. The number of nitrogens with zero attached hydrogens (tertiary/aromatic N) is 2. The first-order chi connectivity index (χ1) is 15.7. The summed E-state index contributed by atoms with van der Waals surface area (Å²) in [5.74, 6) is -1.92. The summed E-state index contributed by atoms with van der Waals surface area (Å²) >= 11 is 0. The third kappa shape index (κ3) is 5.33. The lowest BCUT2D eigenvalue weighted by molar-refractivity contribution is -0.142. The molecule has 3 rings (SSSR count). The lowest BCUT2D eigenvalue weighted by Crippen LogP contribution is -2.21. The third-order valence-corrected chi connectivity index (χ3v) is 6.00. The maximum absolute atomic E-state index is 14.0. The van der Waals surface area contributed by atoms with Gasteiger partial charge in [0.05, 0.1) is 9.73 Å². The summed E-state index contributed by atoms with van der Waals surface area (Å²) in [6.45, 7) is 4.02. The minimum absolute atomic E-state index is 0.0563. The van der Waals surface area contributed by atoms with E-state index in [4.69, 9.17) is 9.52 Å². The van der Waals surface area contributed by atoms with E-state index in [1.807, 2.05) is 0 Å². The second kappa shape index (κ2) is 9.01. The molecule has 0 radical (unpaired) electrons. The first kappa shape index (κ1) is 25.1. The Balaban J connectivity index is 2.09. The van der Waals surface area contributed by atoms with Crippen LogP contribution in [0.25, 0.3) is 0 Å². The van der Waals surface area contributed by atoms with Crippen LogP contribution in [0.5, 0.6) is 11.6 Å². The van der Waals surface area contributed by atoms with Gasteiger partial charge in [0.1, 0.15) is 17.1 Å². The molecule has 7 nitrogen and oxygen atoms in total. The Bertz CT molecular complexity index is 1370. The highest BCUT2D eigenvalue weighted by atomic mass is 32.2. The molecule has 34 heavy (non-hydrogen) atoms. The quantitative estimate of drug-likeness (QED) is 0.445. The van der Waals surface area contributed by atoms with Gasteiger partial charge >= 0.3 is 6.18 Å². The molecule has 0 aliphatic carbocycles. The van der Waals surface area contributed by atoms with Gasteiger partial charge in [-0.05, 0) is 67.8 Å². The average molecular weight is 496 g/mol. The van der Waals surface area contributed by atoms with Gasteiger partial charge in [0, 0.05) is 16.8 Å². The van der Waals surface area contributed by atoms with Crippen LogP contribution in [-0.2, 0) is 15.9 Å². The number of anilines is 1. The molecule has 0 saturated carbocycles. The molecule has 1 heterocycles. The van der Waals surface area contributed by atoms with Crippen molar-refractivity contribution in [2.75, 3.05) is 11.6 Å². The summed E-state index contributed by atoms with van der Waals surface area (Å²) in [4.78, 5) is 13.2. The summed E-state index contributed by atoms with van der Waals surface area (Å²) in [5, 5.41) is 9.09. The van der Waals surface area contributed by atoms with Crippen molar-refractivity contribution in [1.82, 2.24) is 10.2 Å². The summed E-state index contributed by atoms with van der Waals surface area (Å²) in [7, 11) is -3.10. The number of alkyl halides is 3. The van der Waals surface area contributed by atoms with Crippen LogP contribution in [0.2, 0.25) is 0 Å². The molecule has 180 valence electrons. The fourth-order valence-electron chi connectivity index (χ4n) is 3.19. The van der Waals surface area contributed by atoms with Crippen LogP contribution in [0.1, 0.15) is 32.7 Å². The molecule has 1 amide bonds. The van der Waals surface area contributed by atoms with Crippen molar-refractivity contribution in [3.8, 4) is 11.6 Å². The molecule has 0 spiro atoms. The van der Waals surface area contributed by atoms with Gasteiger partial charge in [0.25, 0.3) is 11.8 Å². The van der Waals surface area contributed by atoms with E-state index in [0.717, 1.165) is 6.92 Å². The van der Waals surface area contributed by atoms with E-state index in [-0.39, 0.29) is 27.5 Å². The van der Waals surface area contributed by atoms with E-state index in [1.54, 1.807) is 0 Å². The molecule has 1 atom stereocenters. The highest BCUT2D eigenvalue weighted by Gasteiger charge is 2.38. The monoisotopic (exact) mass is 496 g/mol. The van der Waals surface area contributed by atoms with Crippen LogP contribution < -0.4 is 10.1 Å². The Morgan fingerprint density at radius 3 is 2.26 bits per heavy atom. The van der Waals surface area contributed by atoms with Gasteiger partial charge in [-0.3, -0.25) is 4.79 Å². The van der Waals surface area contributed by atoms with Crippen LogP contribution in [0.15, 0.2) is 41.3 Å². The number of rotatable bonds is 5.